The van der Waals surface area contributed by atoms with Crippen LogP contribution in [-0.4, -0.2) is 24.4 Å². The zero-order valence-electron chi connectivity index (χ0n) is 11.5. The molecule has 1 atom stereocenters. The molecule has 7 heteroatoms. The van der Waals surface area contributed by atoms with Gasteiger partial charge in [0.25, 0.3) is 0 Å². The summed E-state index contributed by atoms with van der Waals surface area (Å²) in [4.78, 5) is 0.304. The molecule has 2 heterocycles. The van der Waals surface area contributed by atoms with Gasteiger partial charge in [-0.3, -0.25) is 0 Å². The van der Waals surface area contributed by atoms with Gasteiger partial charge in [-0.1, -0.05) is 21.1 Å². The van der Waals surface area contributed by atoms with Gasteiger partial charge in [0.2, 0.25) is 10.0 Å². The fourth-order valence-corrected chi connectivity index (χ4v) is 4.54. The van der Waals surface area contributed by atoms with Crippen LogP contribution in [0.2, 0.25) is 0 Å². The van der Waals surface area contributed by atoms with Crippen molar-refractivity contribution < 1.29 is 12.9 Å². The van der Waals surface area contributed by atoms with Crippen molar-refractivity contribution in [3.8, 4) is 0 Å². The van der Waals surface area contributed by atoms with Crippen molar-refractivity contribution in [2.75, 3.05) is 6.54 Å². The monoisotopic (exact) mass is 370 g/mol. The molecule has 0 spiro atoms. The highest BCUT2D eigenvalue weighted by molar-refractivity contribution is 9.10. The number of hydrogen-bond acceptors (Lipinski definition) is 4. The van der Waals surface area contributed by atoms with Crippen molar-refractivity contribution in [3.05, 3.63) is 46.3 Å². The summed E-state index contributed by atoms with van der Waals surface area (Å²) >= 11 is 3.32. The normalized spacial score (nSPS) is 20.0. The van der Waals surface area contributed by atoms with Crippen LogP contribution >= 0.6 is 15.9 Å². The summed E-state index contributed by atoms with van der Waals surface area (Å²) in [5, 5.41) is 3.98. The molecule has 112 valence electrons. The van der Waals surface area contributed by atoms with Gasteiger partial charge in [-0.25, -0.2) is 8.42 Å². The van der Waals surface area contributed by atoms with Gasteiger partial charge in [0.1, 0.15) is 11.5 Å². The van der Waals surface area contributed by atoms with Crippen LogP contribution in [0.15, 0.2) is 44.2 Å². The average Bonchev–Trinajstić information content (AvgIpc) is 3.07. The summed E-state index contributed by atoms with van der Waals surface area (Å²) in [6.07, 6.45) is 1.59. The summed E-state index contributed by atoms with van der Waals surface area (Å²) in [7, 11) is -3.51. The van der Waals surface area contributed by atoms with Crippen molar-refractivity contribution in [2.24, 2.45) is 0 Å². The minimum atomic E-state index is -3.51. The fourth-order valence-electron chi connectivity index (χ4n) is 2.61. The number of nitrogens with zero attached hydrogens (tertiary/aromatic N) is 2. The lowest BCUT2D eigenvalue weighted by atomic mass is 10.1. The van der Waals surface area contributed by atoms with Crippen LogP contribution in [-0.2, 0) is 10.0 Å². The molecule has 3 rings (SSSR count). The maximum Gasteiger partial charge on any atom is 0.243 e. The Morgan fingerprint density at radius 1 is 1.33 bits per heavy atom. The van der Waals surface area contributed by atoms with Crippen molar-refractivity contribution in [1.82, 2.24) is 9.46 Å². The Balaban J connectivity index is 1.96. The van der Waals surface area contributed by atoms with Crippen LogP contribution in [0.1, 0.15) is 30.3 Å². The van der Waals surface area contributed by atoms with Gasteiger partial charge in [-0.2, -0.15) is 4.31 Å². The predicted octanol–water partition coefficient (Wildman–Crippen LogP) is 3.27. The topological polar surface area (TPSA) is 63.4 Å². The number of hydrogen-bond donors (Lipinski definition) is 0. The summed E-state index contributed by atoms with van der Waals surface area (Å²) in [5.41, 5.74) is 0.686. The molecule has 0 amide bonds. The Morgan fingerprint density at radius 2 is 2.05 bits per heavy atom. The quantitative estimate of drug-likeness (QED) is 0.831. The van der Waals surface area contributed by atoms with E-state index in [9.17, 15) is 8.42 Å². The first kappa shape index (κ1) is 14.7. The molecule has 1 fully saturated rings. The van der Waals surface area contributed by atoms with E-state index in [4.69, 9.17) is 4.52 Å². The Kier molecular flexibility index (Phi) is 3.90. The van der Waals surface area contributed by atoms with Crippen LogP contribution < -0.4 is 0 Å². The van der Waals surface area contributed by atoms with Crippen molar-refractivity contribution in [3.63, 3.8) is 0 Å². The molecule has 1 aromatic heterocycles. The zero-order chi connectivity index (χ0) is 15.0. The second-order valence-electron chi connectivity index (χ2n) is 5.09. The van der Waals surface area contributed by atoms with E-state index in [0.29, 0.717) is 22.9 Å². The van der Waals surface area contributed by atoms with Crippen molar-refractivity contribution >= 4 is 26.0 Å². The second-order valence-corrected chi connectivity index (χ2v) is 7.90. The standard InChI is InChI=1S/C14H15BrN2O3S/c1-10-9-13(16-20-10)14-3-2-8-17(14)21(18,19)12-6-4-11(15)5-7-12/h4-7,9,14H,2-3,8H2,1H3/t14-/m0/s1. The molecule has 0 unspecified atom stereocenters. The van der Waals surface area contributed by atoms with Crippen molar-refractivity contribution in [1.29, 1.82) is 0 Å². The molecule has 5 nitrogen and oxygen atoms in total. The number of halogens is 1. The first-order valence-electron chi connectivity index (χ1n) is 6.69. The first-order valence-corrected chi connectivity index (χ1v) is 8.92. The van der Waals surface area contributed by atoms with E-state index < -0.39 is 10.0 Å². The Labute approximate surface area is 132 Å². The number of benzene rings is 1. The third kappa shape index (κ3) is 2.77. The smallest absolute Gasteiger partial charge is 0.243 e. The molecule has 0 radical (unpaired) electrons. The van der Waals surface area contributed by atoms with E-state index in [1.807, 2.05) is 0 Å². The highest BCUT2D eigenvalue weighted by Gasteiger charge is 2.37. The van der Waals surface area contributed by atoms with E-state index >= 15 is 0 Å². The minimum Gasteiger partial charge on any atom is -0.361 e. The zero-order valence-corrected chi connectivity index (χ0v) is 13.9. The highest BCUT2D eigenvalue weighted by Crippen LogP contribution is 2.36. The molecule has 0 bridgehead atoms. The van der Waals surface area contributed by atoms with E-state index in [-0.39, 0.29) is 6.04 Å². The van der Waals surface area contributed by atoms with Gasteiger partial charge in [-0.05, 0) is 44.0 Å². The first-order chi connectivity index (χ1) is 9.98. The highest BCUT2D eigenvalue weighted by atomic mass is 79.9. The summed E-state index contributed by atoms with van der Waals surface area (Å²) in [6.45, 7) is 2.31. The Hall–Kier alpha value is -1.18. The molecular formula is C14H15BrN2O3S. The molecule has 2 aromatic rings. The second kappa shape index (κ2) is 5.55. The molecule has 1 aliphatic heterocycles. The molecule has 0 aliphatic carbocycles. The van der Waals surface area contributed by atoms with E-state index in [2.05, 4.69) is 21.1 Å². The molecule has 0 saturated carbocycles. The van der Waals surface area contributed by atoms with Crippen LogP contribution in [0.25, 0.3) is 0 Å². The van der Waals surface area contributed by atoms with Gasteiger partial charge >= 0.3 is 0 Å². The lowest BCUT2D eigenvalue weighted by Gasteiger charge is -2.22. The van der Waals surface area contributed by atoms with Crippen LogP contribution in [0.5, 0.6) is 0 Å². The van der Waals surface area contributed by atoms with Crippen LogP contribution in [0, 0.1) is 6.92 Å². The third-order valence-corrected chi connectivity index (χ3v) is 6.06. The average molecular weight is 371 g/mol. The Bertz CT molecular complexity index is 740. The summed E-state index contributed by atoms with van der Waals surface area (Å²) in [5.74, 6) is 0.692. The maximum absolute atomic E-state index is 12.8. The SMILES string of the molecule is Cc1cc([C@@H]2CCCN2S(=O)(=O)c2ccc(Br)cc2)no1. The number of aryl methyl sites for hydroxylation is 1. The van der Waals surface area contributed by atoms with Gasteiger partial charge in [0.05, 0.1) is 10.9 Å². The van der Waals surface area contributed by atoms with Gasteiger partial charge in [0.15, 0.2) is 0 Å². The number of sulfonamides is 1. The van der Waals surface area contributed by atoms with E-state index in [1.54, 1.807) is 37.3 Å². The molecule has 21 heavy (non-hydrogen) atoms. The van der Waals surface area contributed by atoms with E-state index in [1.165, 1.54) is 4.31 Å². The summed E-state index contributed by atoms with van der Waals surface area (Å²) < 4.78 is 33.0. The third-order valence-electron chi connectivity index (χ3n) is 3.61. The fraction of sp³-hybridized carbons (Fsp3) is 0.357. The molecule has 1 aromatic carbocycles. The number of rotatable bonds is 3. The molecule has 1 saturated heterocycles. The lowest BCUT2D eigenvalue weighted by molar-refractivity contribution is 0.349. The number of aromatic nitrogens is 1. The van der Waals surface area contributed by atoms with Crippen LogP contribution in [0.4, 0.5) is 0 Å². The van der Waals surface area contributed by atoms with Gasteiger partial charge in [-0.15, -0.1) is 0 Å². The minimum absolute atomic E-state index is 0.240. The largest absolute Gasteiger partial charge is 0.361 e. The predicted molar refractivity (Wildman–Crippen MR) is 81.2 cm³/mol. The maximum atomic E-state index is 12.8. The molecule has 0 N–H and O–H groups in total. The van der Waals surface area contributed by atoms with E-state index in [0.717, 1.165) is 17.3 Å². The lowest BCUT2D eigenvalue weighted by Crippen LogP contribution is -2.30. The molecular weight excluding hydrogens is 356 g/mol. The van der Waals surface area contributed by atoms with Crippen molar-refractivity contribution in [2.45, 2.75) is 30.7 Å². The van der Waals surface area contributed by atoms with Gasteiger partial charge in [0, 0.05) is 17.1 Å². The Morgan fingerprint density at radius 3 is 2.67 bits per heavy atom. The molecule has 1 aliphatic rings. The van der Waals surface area contributed by atoms with Gasteiger partial charge < -0.3 is 4.52 Å². The summed E-state index contributed by atoms with van der Waals surface area (Å²) in [6, 6.07) is 8.26. The van der Waals surface area contributed by atoms with Crippen LogP contribution in [0.3, 0.4) is 0 Å².